The summed E-state index contributed by atoms with van der Waals surface area (Å²) in [6.45, 7) is 17.6. The Morgan fingerprint density at radius 2 is 0.409 bits per heavy atom. The SMILES string of the molecule is C=C.CCO.CCO.CCO.CCO.CCO.CCO.N.N. The monoisotopic (exact) mass is 338 g/mol. The highest BCUT2D eigenvalue weighted by atomic mass is 16.3. The van der Waals surface area contributed by atoms with Gasteiger partial charge in [-0.2, -0.15) is 0 Å². The molecular weight excluding hydrogens is 292 g/mol. The zero-order valence-electron chi connectivity index (χ0n) is 15.8. The molecule has 12 N–H and O–H groups in total. The number of rotatable bonds is 0. The lowest BCUT2D eigenvalue weighted by molar-refractivity contribution is 0.318. The Kier molecular flexibility index (Phi) is 690. The summed E-state index contributed by atoms with van der Waals surface area (Å²) < 4.78 is 0. The van der Waals surface area contributed by atoms with Gasteiger partial charge in [-0.1, -0.05) is 0 Å². The van der Waals surface area contributed by atoms with Gasteiger partial charge in [0.05, 0.1) is 0 Å². The maximum absolute atomic E-state index is 7.57. The molecule has 0 aromatic rings. The maximum Gasteiger partial charge on any atom is 0.0402 e. The van der Waals surface area contributed by atoms with Crippen LogP contribution in [0.1, 0.15) is 41.5 Å². The minimum absolute atomic E-state index is 0. The van der Waals surface area contributed by atoms with Crippen LogP contribution in [-0.2, 0) is 0 Å². The van der Waals surface area contributed by atoms with Crippen LogP contribution in [-0.4, -0.2) is 70.3 Å². The Morgan fingerprint density at radius 3 is 0.409 bits per heavy atom. The average Bonchev–Trinajstić information content (AvgIpc) is 2.36. The Morgan fingerprint density at radius 1 is 0.409 bits per heavy atom. The van der Waals surface area contributed by atoms with Crippen LogP contribution in [0.25, 0.3) is 0 Å². The molecule has 0 unspecified atom stereocenters. The molecule has 0 atom stereocenters. The van der Waals surface area contributed by atoms with Gasteiger partial charge in [0.25, 0.3) is 0 Å². The predicted molar refractivity (Wildman–Crippen MR) is 97.9 cm³/mol. The number of hydrogen-bond acceptors (Lipinski definition) is 8. The molecule has 0 saturated carbocycles. The lowest BCUT2D eigenvalue weighted by atomic mass is 10.9. The zero-order valence-corrected chi connectivity index (χ0v) is 15.8. The lowest BCUT2D eigenvalue weighted by Crippen LogP contribution is -1.57. The molecule has 22 heavy (non-hydrogen) atoms. The molecule has 0 aromatic heterocycles. The van der Waals surface area contributed by atoms with Crippen molar-refractivity contribution in [3.05, 3.63) is 13.2 Å². The minimum Gasteiger partial charge on any atom is -0.397 e. The third kappa shape index (κ3) is 19600. The van der Waals surface area contributed by atoms with E-state index < -0.39 is 0 Å². The van der Waals surface area contributed by atoms with E-state index in [4.69, 9.17) is 30.6 Å². The highest BCUT2D eigenvalue weighted by Crippen LogP contribution is 1.31. The Balaban J connectivity index is -0.0000000127. The van der Waals surface area contributed by atoms with Gasteiger partial charge in [0.2, 0.25) is 0 Å². The van der Waals surface area contributed by atoms with Crippen molar-refractivity contribution >= 4 is 0 Å². The van der Waals surface area contributed by atoms with E-state index in [2.05, 4.69) is 13.2 Å². The van der Waals surface area contributed by atoms with Crippen molar-refractivity contribution in [2.24, 2.45) is 0 Å². The van der Waals surface area contributed by atoms with Gasteiger partial charge in [-0.15, -0.1) is 13.2 Å². The fourth-order valence-corrected chi connectivity index (χ4v) is 0. The second-order valence-corrected chi connectivity index (χ2v) is 1.90. The summed E-state index contributed by atoms with van der Waals surface area (Å²) >= 11 is 0. The molecule has 0 bridgehead atoms. The van der Waals surface area contributed by atoms with Crippen LogP contribution in [0.3, 0.4) is 0 Å². The highest BCUT2D eigenvalue weighted by Gasteiger charge is 1.35. The Labute approximate surface area is 138 Å². The van der Waals surface area contributed by atoms with Gasteiger partial charge in [0.1, 0.15) is 0 Å². The lowest BCUT2D eigenvalue weighted by Gasteiger charge is -1.52. The van der Waals surface area contributed by atoms with Crippen LogP contribution in [0.15, 0.2) is 13.2 Å². The summed E-state index contributed by atoms with van der Waals surface area (Å²) in [5, 5.41) is 45.4. The quantitative estimate of drug-likeness (QED) is 0.301. The van der Waals surface area contributed by atoms with Gasteiger partial charge in [0.15, 0.2) is 0 Å². The van der Waals surface area contributed by atoms with Crippen molar-refractivity contribution in [3.8, 4) is 0 Å². The van der Waals surface area contributed by atoms with E-state index in [9.17, 15) is 0 Å². The van der Waals surface area contributed by atoms with Gasteiger partial charge in [-0.05, 0) is 41.5 Å². The number of aliphatic hydroxyl groups is 6. The molecule has 0 aliphatic carbocycles. The average molecular weight is 339 g/mol. The largest absolute Gasteiger partial charge is 0.397 e. The van der Waals surface area contributed by atoms with Crippen molar-refractivity contribution in [2.45, 2.75) is 41.5 Å². The second kappa shape index (κ2) is 262. The first-order chi connectivity index (χ1) is 9.49. The van der Waals surface area contributed by atoms with Gasteiger partial charge in [-0.25, -0.2) is 0 Å². The third-order valence-corrected chi connectivity index (χ3v) is 0. The van der Waals surface area contributed by atoms with Gasteiger partial charge < -0.3 is 42.9 Å². The molecule has 0 aromatic carbocycles. The van der Waals surface area contributed by atoms with Crippen LogP contribution >= 0.6 is 0 Å². The summed E-state index contributed by atoms with van der Waals surface area (Å²) in [4.78, 5) is 0. The fourth-order valence-electron chi connectivity index (χ4n) is 0. The molecule has 0 rings (SSSR count). The van der Waals surface area contributed by atoms with Crippen LogP contribution < -0.4 is 12.3 Å². The van der Waals surface area contributed by atoms with Crippen LogP contribution in [0, 0.1) is 0 Å². The summed E-state index contributed by atoms with van der Waals surface area (Å²) in [6, 6.07) is 0. The minimum atomic E-state index is 0. The maximum atomic E-state index is 7.57. The topological polar surface area (TPSA) is 191 Å². The zero-order chi connectivity index (χ0) is 18.2. The first kappa shape index (κ1) is 57.9. The number of aliphatic hydroxyl groups excluding tert-OH is 6. The van der Waals surface area contributed by atoms with E-state index in [1.807, 2.05) is 0 Å². The standard InChI is InChI=1S/6C2H6O.C2H4.2H3N/c6*1-2-3;1-2;;/h6*3H,2H2,1H3;1-2H2;2*1H3. The molecule has 0 spiro atoms. The second-order valence-electron chi connectivity index (χ2n) is 1.90. The van der Waals surface area contributed by atoms with Gasteiger partial charge in [0, 0.05) is 39.6 Å². The van der Waals surface area contributed by atoms with E-state index in [-0.39, 0.29) is 51.9 Å². The van der Waals surface area contributed by atoms with Crippen molar-refractivity contribution in [1.29, 1.82) is 0 Å². The molecule has 0 radical (unpaired) electrons. The molecule has 148 valence electrons. The molecular formula is C14H46N2O6. The van der Waals surface area contributed by atoms with E-state index in [1.165, 1.54) is 0 Å². The molecule has 8 nitrogen and oxygen atoms in total. The summed E-state index contributed by atoms with van der Waals surface area (Å²) in [5.41, 5.74) is 0. The third-order valence-electron chi connectivity index (χ3n) is 0. The van der Waals surface area contributed by atoms with Crippen molar-refractivity contribution in [1.82, 2.24) is 12.3 Å². The Hall–Kier alpha value is -0.580. The highest BCUT2D eigenvalue weighted by molar-refractivity contribution is 4.22. The van der Waals surface area contributed by atoms with E-state index in [1.54, 1.807) is 41.5 Å². The van der Waals surface area contributed by atoms with Gasteiger partial charge in [-0.3, -0.25) is 0 Å². The van der Waals surface area contributed by atoms with E-state index in [0.29, 0.717) is 0 Å². The predicted octanol–water partition coefficient (Wildman–Crippen LogP) is 1.12. The summed E-state index contributed by atoms with van der Waals surface area (Å²) in [5.74, 6) is 0. The van der Waals surface area contributed by atoms with E-state index >= 15 is 0 Å². The van der Waals surface area contributed by atoms with Crippen molar-refractivity contribution in [2.75, 3.05) is 39.6 Å². The molecule has 0 saturated heterocycles. The van der Waals surface area contributed by atoms with E-state index in [0.717, 1.165) is 0 Å². The molecule has 8 heteroatoms. The van der Waals surface area contributed by atoms with Gasteiger partial charge >= 0.3 is 0 Å². The molecule has 0 aliphatic heterocycles. The first-order valence-corrected chi connectivity index (χ1v) is 6.64. The normalized spacial score (nSPS) is 5.09. The molecule has 0 amide bonds. The van der Waals surface area contributed by atoms with Crippen LogP contribution in [0.5, 0.6) is 0 Å². The smallest absolute Gasteiger partial charge is 0.0402 e. The fraction of sp³-hybridized carbons (Fsp3) is 0.857. The molecule has 0 fully saturated rings. The molecule has 0 heterocycles. The van der Waals surface area contributed by atoms with Crippen molar-refractivity contribution in [3.63, 3.8) is 0 Å². The summed E-state index contributed by atoms with van der Waals surface area (Å²) in [7, 11) is 0. The Bertz CT molecular complexity index is 51.1. The van der Waals surface area contributed by atoms with Crippen LogP contribution in [0.4, 0.5) is 0 Å². The van der Waals surface area contributed by atoms with Crippen molar-refractivity contribution < 1.29 is 30.6 Å². The first-order valence-electron chi connectivity index (χ1n) is 6.64. The number of hydrogen-bond donors (Lipinski definition) is 8. The van der Waals surface area contributed by atoms with Crippen LogP contribution in [0.2, 0.25) is 0 Å². The summed E-state index contributed by atoms with van der Waals surface area (Å²) in [6.07, 6.45) is 0. The molecule has 0 aliphatic rings.